The number of hydrogen-bond donors (Lipinski definition) is 1. The average Bonchev–Trinajstić information content (AvgIpc) is 3.22. The first-order valence-corrected chi connectivity index (χ1v) is 10.1. The van der Waals surface area contributed by atoms with E-state index < -0.39 is 24.4 Å². The van der Waals surface area contributed by atoms with Gasteiger partial charge in [0, 0.05) is 19.1 Å². The quantitative estimate of drug-likeness (QED) is 0.800. The highest BCUT2D eigenvalue weighted by Crippen LogP contribution is 2.35. The van der Waals surface area contributed by atoms with E-state index >= 15 is 0 Å². The molecular formula is C20H24F3N5O2. The number of para-hydroxylation sites is 1. The van der Waals surface area contributed by atoms with E-state index in [-0.39, 0.29) is 30.0 Å². The van der Waals surface area contributed by atoms with Crippen molar-refractivity contribution in [3.63, 3.8) is 0 Å². The Hall–Kier alpha value is -2.78. The lowest BCUT2D eigenvalue weighted by Gasteiger charge is -2.41. The number of nitrogens with one attached hydrogen (secondary N) is 1. The number of alkyl halides is 2. The molecule has 10 heteroatoms. The predicted molar refractivity (Wildman–Crippen MR) is 103 cm³/mol. The predicted octanol–water partition coefficient (Wildman–Crippen LogP) is 3.11. The van der Waals surface area contributed by atoms with Crippen molar-refractivity contribution in [1.29, 1.82) is 0 Å². The van der Waals surface area contributed by atoms with Gasteiger partial charge in [-0.3, -0.25) is 4.79 Å². The van der Waals surface area contributed by atoms with Crippen LogP contribution in [0.3, 0.4) is 0 Å². The van der Waals surface area contributed by atoms with Gasteiger partial charge in [-0.05, 0) is 44.2 Å². The number of anilines is 1. The summed E-state index contributed by atoms with van der Waals surface area (Å²) in [7, 11) is 0. The number of amides is 1. The molecule has 30 heavy (non-hydrogen) atoms. The van der Waals surface area contributed by atoms with E-state index in [2.05, 4.69) is 15.4 Å². The van der Waals surface area contributed by atoms with E-state index in [4.69, 9.17) is 4.74 Å². The largest absolute Gasteiger partial charge is 0.478 e. The molecule has 162 valence electrons. The van der Waals surface area contributed by atoms with Crippen molar-refractivity contribution in [3.05, 3.63) is 36.4 Å². The Labute approximate surface area is 172 Å². The van der Waals surface area contributed by atoms with Crippen LogP contribution < -0.4 is 10.1 Å². The molecule has 2 aliphatic rings. The van der Waals surface area contributed by atoms with E-state index in [9.17, 15) is 18.0 Å². The Morgan fingerprint density at radius 1 is 1.33 bits per heavy atom. The highest BCUT2D eigenvalue weighted by molar-refractivity contribution is 5.81. The molecular weight excluding hydrogens is 399 g/mol. The Kier molecular flexibility index (Phi) is 5.83. The van der Waals surface area contributed by atoms with Crippen LogP contribution in [-0.2, 0) is 4.79 Å². The molecule has 1 fully saturated rings. The normalized spacial score (nSPS) is 24.8. The monoisotopic (exact) mass is 423 g/mol. The molecule has 1 N–H and O–H groups in total. The van der Waals surface area contributed by atoms with Gasteiger partial charge in [0.05, 0.1) is 0 Å². The van der Waals surface area contributed by atoms with Crippen LogP contribution in [0.2, 0.25) is 0 Å². The summed E-state index contributed by atoms with van der Waals surface area (Å²) < 4.78 is 47.7. The number of halogens is 3. The average molecular weight is 423 g/mol. The lowest BCUT2D eigenvalue weighted by Crippen LogP contribution is -2.50. The molecule has 7 nitrogen and oxygen atoms in total. The molecule has 3 heterocycles. The second-order valence-electron chi connectivity index (χ2n) is 7.79. The zero-order chi connectivity index (χ0) is 21.3. The van der Waals surface area contributed by atoms with Crippen LogP contribution in [0.5, 0.6) is 5.75 Å². The van der Waals surface area contributed by atoms with Crippen LogP contribution in [0.25, 0.3) is 0 Å². The van der Waals surface area contributed by atoms with Gasteiger partial charge in [-0.15, -0.1) is 0 Å². The first-order valence-electron chi connectivity index (χ1n) is 10.1. The van der Waals surface area contributed by atoms with Crippen molar-refractivity contribution in [2.75, 3.05) is 18.4 Å². The molecule has 0 aliphatic carbocycles. The van der Waals surface area contributed by atoms with Gasteiger partial charge in [-0.1, -0.05) is 12.1 Å². The van der Waals surface area contributed by atoms with Gasteiger partial charge >= 0.3 is 0 Å². The molecule has 1 aromatic carbocycles. The minimum Gasteiger partial charge on any atom is -0.478 e. The van der Waals surface area contributed by atoms with Crippen molar-refractivity contribution in [2.24, 2.45) is 5.92 Å². The smallest absolute Gasteiger partial charge is 0.263 e. The topological polar surface area (TPSA) is 72.3 Å². The molecule has 2 aliphatic heterocycles. The lowest BCUT2D eigenvalue weighted by molar-refractivity contribution is -0.140. The Balaban J connectivity index is 1.42. The second-order valence-corrected chi connectivity index (χ2v) is 7.79. The number of fused-ring (bicyclic) bond motifs is 1. The highest BCUT2D eigenvalue weighted by Gasteiger charge is 2.39. The van der Waals surface area contributed by atoms with E-state index in [0.717, 1.165) is 12.8 Å². The summed E-state index contributed by atoms with van der Waals surface area (Å²) in [5.41, 5.74) is 0. The third-order valence-electron chi connectivity index (χ3n) is 5.81. The van der Waals surface area contributed by atoms with Gasteiger partial charge in [-0.25, -0.2) is 17.9 Å². The van der Waals surface area contributed by atoms with Crippen molar-refractivity contribution < 1.29 is 22.7 Å². The van der Waals surface area contributed by atoms with Gasteiger partial charge < -0.3 is 15.0 Å². The first-order chi connectivity index (χ1) is 14.4. The summed E-state index contributed by atoms with van der Waals surface area (Å²) in [4.78, 5) is 18.6. The maximum absolute atomic E-state index is 13.8. The van der Waals surface area contributed by atoms with Crippen LogP contribution in [-0.4, -0.2) is 57.2 Å². The third kappa shape index (κ3) is 4.08. The van der Waals surface area contributed by atoms with Crippen LogP contribution in [0, 0.1) is 11.7 Å². The standard InChI is InChI=1S/C20H24F3N5O2/c1-12(30-17-7-3-2-6-14(17)21)19(29)27-8-4-5-13(10-27)15-9-16(18(22)23)28-20(26-15)24-11-25-28/h2-3,6-7,11-13,15-16,18H,4-5,8-10H2,1H3,(H,24,25,26)/t12-,13+,15-,16+/m0/s1. The first kappa shape index (κ1) is 20.5. The lowest BCUT2D eigenvalue weighted by atomic mass is 9.86. The minimum atomic E-state index is -2.55. The molecule has 1 amide bonds. The minimum absolute atomic E-state index is 0.00457. The van der Waals surface area contributed by atoms with E-state index in [1.165, 1.54) is 23.1 Å². The molecule has 0 spiro atoms. The SMILES string of the molecule is C[C@H](Oc1ccccc1F)C(=O)N1CCC[C@@H]([C@@H]2C[C@H](C(F)F)n3ncnc3N2)C1. The number of likely N-dealkylation sites (tertiary alicyclic amines) is 1. The van der Waals surface area contributed by atoms with Crippen molar-refractivity contribution in [1.82, 2.24) is 19.7 Å². The van der Waals surface area contributed by atoms with Crippen LogP contribution in [0.4, 0.5) is 19.1 Å². The van der Waals surface area contributed by atoms with Gasteiger partial charge in [0.2, 0.25) is 5.95 Å². The number of nitrogens with zero attached hydrogens (tertiary/aromatic N) is 4. The summed E-state index contributed by atoms with van der Waals surface area (Å²) in [6, 6.07) is 4.66. The Bertz CT molecular complexity index is 893. The molecule has 1 saturated heterocycles. The Morgan fingerprint density at radius 2 is 2.13 bits per heavy atom. The fourth-order valence-electron chi connectivity index (χ4n) is 4.28. The summed E-state index contributed by atoms with van der Waals surface area (Å²) >= 11 is 0. The second kappa shape index (κ2) is 8.53. The van der Waals surface area contributed by atoms with Crippen molar-refractivity contribution in [2.45, 2.75) is 50.8 Å². The molecule has 4 rings (SSSR count). The summed E-state index contributed by atoms with van der Waals surface area (Å²) in [5.74, 6) is -0.416. The molecule has 0 radical (unpaired) electrons. The van der Waals surface area contributed by atoms with Crippen molar-refractivity contribution in [3.8, 4) is 5.75 Å². The Morgan fingerprint density at radius 3 is 2.90 bits per heavy atom. The van der Waals surface area contributed by atoms with E-state index in [0.29, 0.717) is 19.0 Å². The maximum atomic E-state index is 13.8. The molecule has 0 saturated carbocycles. The van der Waals surface area contributed by atoms with Crippen LogP contribution in [0.1, 0.15) is 32.2 Å². The number of carbonyl (C=O) groups excluding carboxylic acids is 1. The van der Waals surface area contributed by atoms with E-state index in [1.54, 1.807) is 24.0 Å². The van der Waals surface area contributed by atoms with Gasteiger partial charge in [0.15, 0.2) is 17.7 Å². The number of benzene rings is 1. The zero-order valence-corrected chi connectivity index (χ0v) is 16.5. The van der Waals surface area contributed by atoms with Gasteiger partial charge in [0.1, 0.15) is 12.4 Å². The summed E-state index contributed by atoms with van der Waals surface area (Å²) in [6.45, 7) is 2.57. The van der Waals surface area contributed by atoms with Crippen molar-refractivity contribution >= 4 is 11.9 Å². The van der Waals surface area contributed by atoms with Crippen LogP contribution in [0.15, 0.2) is 30.6 Å². The number of carbonyl (C=O) groups is 1. The van der Waals surface area contributed by atoms with E-state index in [1.807, 2.05) is 0 Å². The molecule has 2 aromatic rings. The van der Waals surface area contributed by atoms with Crippen LogP contribution >= 0.6 is 0 Å². The third-order valence-corrected chi connectivity index (χ3v) is 5.81. The number of rotatable bonds is 5. The van der Waals surface area contributed by atoms with Gasteiger partial charge in [-0.2, -0.15) is 10.1 Å². The maximum Gasteiger partial charge on any atom is 0.263 e. The number of hydrogen-bond acceptors (Lipinski definition) is 5. The molecule has 0 unspecified atom stereocenters. The molecule has 1 aromatic heterocycles. The van der Waals surface area contributed by atoms with Gasteiger partial charge in [0.25, 0.3) is 12.3 Å². The number of aromatic nitrogens is 3. The highest BCUT2D eigenvalue weighted by atomic mass is 19.3. The summed E-state index contributed by atoms with van der Waals surface area (Å²) in [5, 5.41) is 7.11. The number of piperidine rings is 1. The summed E-state index contributed by atoms with van der Waals surface area (Å²) in [6.07, 6.45) is -0.357. The fourth-order valence-corrected chi connectivity index (χ4v) is 4.28. The molecule has 4 atom stereocenters. The number of ether oxygens (including phenoxy) is 1. The zero-order valence-electron chi connectivity index (χ0n) is 16.5. The fraction of sp³-hybridized carbons (Fsp3) is 0.550. The molecule has 0 bridgehead atoms.